The fraction of sp³-hybridized carbons (Fsp3) is 0.875. The van der Waals surface area contributed by atoms with Crippen molar-refractivity contribution >= 4 is 5.78 Å². The van der Waals surface area contributed by atoms with Gasteiger partial charge in [-0.2, -0.15) is 0 Å². The van der Waals surface area contributed by atoms with E-state index in [2.05, 4.69) is 5.32 Å². The lowest BCUT2D eigenvalue weighted by molar-refractivity contribution is -0.122. The standard InChI is InChI=1S/C8H16N2O/c1-10(2)7-4-3-5-9-6-8(7)11/h7,9H,3-6H2,1-2H3. The van der Waals surface area contributed by atoms with Crippen molar-refractivity contribution in [2.75, 3.05) is 27.2 Å². The first-order valence-electron chi connectivity index (χ1n) is 4.11. The summed E-state index contributed by atoms with van der Waals surface area (Å²) < 4.78 is 0. The number of hydrogen-bond acceptors (Lipinski definition) is 3. The van der Waals surface area contributed by atoms with Gasteiger partial charge in [0, 0.05) is 0 Å². The van der Waals surface area contributed by atoms with E-state index >= 15 is 0 Å². The Morgan fingerprint density at radius 1 is 1.55 bits per heavy atom. The second kappa shape index (κ2) is 3.83. The number of nitrogens with one attached hydrogen (secondary N) is 1. The van der Waals surface area contributed by atoms with Crippen LogP contribution in [0.3, 0.4) is 0 Å². The highest BCUT2D eigenvalue weighted by Gasteiger charge is 2.21. The van der Waals surface area contributed by atoms with Crippen LogP contribution in [0.25, 0.3) is 0 Å². The van der Waals surface area contributed by atoms with Gasteiger partial charge in [0.25, 0.3) is 0 Å². The molecule has 3 nitrogen and oxygen atoms in total. The zero-order valence-corrected chi connectivity index (χ0v) is 7.26. The molecule has 0 aliphatic carbocycles. The van der Waals surface area contributed by atoms with Crippen molar-refractivity contribution in [3.8, 4) is 0 Å². The number of rotatable bonds is 1. The molecule has 11 heavy (non-hydrogen) atoms. The van der Waals surface area contributed by atoms with Crippen LogP contribution in [-0.4, -0.2) is 43.9 Å². The highest BCUT2D eigenvalue weighted by molar-refractivity contribution is 5.86. The summed E-state index contributed by atoms with van der Waals surface area (Å²) in [4.78, 5) is 13.4. The third-order valence-electron chi connectivity index (χ3n) is 2.13. The van der Waals surface area contributed by atoms with Gasteiger partial charge in [0.05, 0.1) is 12.6 Å². The zero-order chi connectivity index (χ0) is 8.27. The van der Waals surface area contributed by atoms with Crippen molar-refractivity contribution in [2.24, 2.45) is 0 Å². The summed E-state index contributed by atoms with van der Waals surface area (Å²) in [5, 5.41) is 3.11. The van der Waals surface area contributed by atoms with E-state index in [-0.39, 0.29) is 6.04 Å². The number of carbonyl (C=O) groups excluding carboxylic acids is 1. The molecular weight excluding hydrogens is 140 g/mol. The quantitative estimate of drug-likeness (QED) is 0.574. The van der Waals surface area contributed by atoms with E-state index in [9.17, 15) is 4.79 Å². The second-order valence-electron chi connectivity index (χ2n) is 3.26. The summed E-state index contributed by atoms with van der Waals surface area (Å²) in [6.07, 6.45) is 2.10. The van der Waals surface area contributed by atoms with Crippen molar-refractivity contribution in [1.82, 2.24) is 10.2 Å². The molecule has 1 aliphatic rings. The van der Waals surface area contributed by atoms with E-state index in [1.165, 1.54) is 0 Å². The maximum atomic E-state index is 11.4. The normalized spacial score (nSPS) is 27.2. The Morgan fingerprint density at radius 3 is 2.91 bits per heavy atom. The third kappa shape index (κ3) is 2.27. The van der Waals surface area contributed by atoms with Gasteiger partial charge in [0.2, 0.25) is 0 Å². The molecule has 1 aliphatic heterocycles. The average molecular weight is 156 g/mol. The van der Waals surface area contributed by atoms with Crippen LogP contribution in [-0.2, 0) is 4.79 Å². The minimum atomic E-state index is 0.144. The molecule has 0 aromatic carbocycles. The molecule has 1 heterocycles. The van der Waals surface area contributed by atoms with Crippen LogP contribution >= 0.6 is 0 Å². The number of likely N-dealkylation sites (N-methyl/N-ethyl adjacent to an activating group) is 1. The molecule has 0 aromatic rings. The number of nitrogens with zero attached hydrogens (tertiary/aromatic N) is 1. The average Bonchev–Trinajstić information content (AvgIpc) is 2.13. The molecule has 1 saturated heterocycles. The van der Waals surface area contributed by atoms with Crippen LogP contribution in [0.4, 0.5) is 0 Å². The Hall–Kier alpha value is -0.410. The molecule has 1 unspecified atom stereocenters. The Labute approximate surface area is 67.8 Å². The monoisotopic (exact) mass is 156 g/mol. The molecule has 1 fully saturated rings. The molecule has 0 spiro atoms. The van der Waals surface area contributed by atoms with Gasteiger partial charge in [-0.05, 0) is 33.5 Å². The first kappa shape index (κ1) is 8.68. The van der Waals surface area contributed by atoms with Gasteiger partial charge in [-0.3, -0.25) is 9.69 Å². The van der Waals surface area contributed by atoms with Gasteiger partial charge in [-0.15, -0.1) is 0 Å². The molecule has 1 atom stereocenters. The molecule has 0 bridgehead atoms. The predicted molar refractivity (Wildman–Crippen MR) is 44.6 cm³/mol. The zero-order valence-electron chi connectivity index (χ0n) is 7.26. The SMILES string of the molecule is CN(C)C1CCCNCC1=O. The van der Waals surface area contributed by atoms with Crippen LogP contribution < -0.4 is 5.32 Å². The van der Waals surface area contributed by atoms with Crippen molar-refractivity contribution in [3.05, 3.63) is 0 Å². The van der Waals surface area contributed by atoms with Crippen molar-refractivity contribution in [2.45, 2.75) is 18.9 Å². The largest absolute Gasteiger partial charge is 0.310 e. The van der Waals surface area contributed by atoms with Crippen LogP contribution in [0.2, 0.25) is 0 Å². The molecule has 0 radical (unpaired) electrons. The van der Waals surface area contributed by atoms with E-state index in [0.29, 0.717) is 12.3 Å². The van der Waals surface area contributed by atoms with Crippen molar-refractivity contribution < 1.29 is 4.79 Å². The van der Waals surface area contributed by atoms with Gasteiger partial charge in [-0.1, -0.05) is 0 Å². The van der Waals surface area contributed by atoms with E-state index in [4.69, 9.17) is 0 Å². The van der Waals surface area contributed by atoms with Crippen LogP contribution in [0.1, 0.15) is 12.8 Å². The molecule has 1 N–H and O–H groups in total. The lowest BCUT2D eigenvalue weighted by Gasteiger charge is -2.20. The molecule has 64 valence electrons. The van der Waals surface area contributed by atoms with Crippen LogP contribution in [0, 0.1) is 0 Å². The van der Waals surface area contributed by atoms with E-state index in [1.54, 1.807) is 0 Å². The smallest absolute Gasteiger partial charge is 0.163 e. The minimum Gasteiger partial charge on any atom is -0.310 e. The lowest BCUT2D eigenvalue weighted by atomic mass is 10.1. The van der Waals surface area contributed by atoms with E-state index in [0.717, 1.165) is 19.4 Å². The number of ketones is 1. The Bertz CT molecular complexity index is 145. The fourth-order valence-electron chi connectivity index (χ4n) is 1.46. The summed E-state index contributed by atoms with van der Waals surface area (Å²) in [6, 6.07) is 0.144. The Kier molecular flexibility index (Phi) is 3.02. The topological polar surface area (TPSA) is 32.3 Å². The van der Waals surface area contributed by atoms with E-state index in [1.807, 2.05) is 19.0 Å². The number of carbonyl (C=O) groups is 1. The van der Waals surface area contributed by atoms with Gasteiger partial charge >= 0.3 is 0 Å². The predicted octanol–water partition coefficient (Wildman–Crippen LogP) is -0.131. The summed E-state index contributed by atoms with van der Waals surface area (Å²) in [5.74, 6) is 0.326. The molecule has 0 saturated carbocycles. The van der Waals surface area contributed by atoms with Crippen molar-refractivity contribution in [1.29, 1.82) is 0 Å². The van der Waals surface area contributed by atoms with Crippen LogP contribution in [0.5, 0.6) is 0 Å². The third-order valence-corrected chi connectivity index (χ3v) is 2.13. The first-order chi connectivity index (χ1) is 5.22. The maximum absolute atomic E-state index is 11.4. The minimum absolute atomic E-state index is 0.144. The van der Waals surface area contributed by atoms with Crippen molar-refractivity contribution in [3.63, 3.8) is 0 Å². The van der Waals surface area contributed by atoms with Gasteiger partial charge in [0.15, 0.2) is 5.78 Å². The molecule has 0 amide bonds. The maximum Gasteiger partial charge on any atom is 0.163 e. The summed E-state index contributed by atoms with van der Waals surface area (Å²) >= 11 is 0. The summed E-state index contributed by atoms with van der Waals surface area (Å²) in [6.45, 7) is 1.53. The highest BCUT2D eigenvalue weighted by Crippen LogP contribution is 2.06. The number of hydrogen-bond donors (Lipinski definition) is 1. The summed E-state index contributed by atoms with van der Waals surface area (Å²) in [7, 11) is 3.93. The highest BCUT2D eigenvalue weighted by atomic mass is 16.1. The molecule has 0 aromatic heterocycles. The van der Waals surface area contributed by atoms with Gasteiger partial charge < -0.3 is 5.32 Å². The van der Waals surface area contributed by atoms with E-state index < -0.39 is 0 Å². The molecular formula is C8H16N2O. The molecule has 3 heteroatoms. The summed E-state index contributed by atoms with van der Waals surface area (Å²) in [5.41, 5.74) is 0. The fourth-order valence-corrected chi connectivity index (χ4v) is 1.46. The number of Topliss-reactive ketones (excluding diaryl/α,β-unsaturated/α-hetero) is 1. The second-order valence-corrected chi connectivity index (χ2v) is 3.26. The Morgan fingerprint density at radius 2 is 2.27 bits per heavy atom. The van der Waals surface area contributed by atoms with Crippen LogP contribution in [0.15, 0.2) is 0 Å². The van der Waals surface area contributed by atoms with Gasteiger partial charge in [-0.25, -0.2) is 0 Å². The lowest BCUT2D eigenvalue weighted by Crippen LogP contribution is -2.38. The Balaban J connectivity index is 2.52. The molecule has 1 rings (SSSR count). The first-order valence-corrected chi connectivity index (χ1v) is 4.11. The van der Waals surface area contributed by atoms with Gasteiger partial charge in [0.1, 0.15) is 0 Å².